The van der Waals surface area contributed by atoms with Gasteiger partial charge in [0, 0.05) is 31.6 Å². The van der Waals surface area contributed by atoms with Crippen LogP contribution in [0.1, 0.15) is 60.3 Å². The molecule has 1 fully saturated rings. The molecule has 2 aliphatic heterocycles. The van der Waals surface area contributed by atoms with Crippen molar-refractivity contribution in [2.45, 2.75) is 77.4 Å². The molecule has 0 radical (unpaired) electrons. The predicted octanol–water partition coefficient (Wildman–Crippen LogP) is 2.54. The van der Waals surface area contributed by atoms with Crippen LogP contribution in [0.2, 0.25) is 0 Å². The van der Waals surface area contributed by atoms with E-state index >= 15 is 0 Å². The number of fused-ring (bicyclic) bond motifs is 2. The van der Waals surface area contributed by atoms with Crippen molar-refractivity contribution in [3.63, 3.8) is 0 Å². The van der Waals surface area contributed by atoms with Crippen LogP contribution in [-0.4, -0.2) is 59.8 Å². The molecule has 0 aromatic carbocycles. The summed E-state index contributed by atoms with van der Waals surface area (Å²) >= 11 is 0. The molecule has 0 saturated carbocycles. The molecule has 164 valence electrons. The van der Waals surface area contributed by atoms with Crippen LogP contribution in [0, 0.1) is 5.92 Å². The van der Waals surface area contributed by atoms with E-state index in [0.29, 0.717) is 0 Å². The first-order valence-corrected chi connectivity index (χ1v) is 10.2. The topological polar surface area (TPSA) is 61.4 Å². The van der Waals surface area contributed by atoms with Crippen molar-refractivity contribution in [2.24, 2.45) is 5.92 Å². The first kappa shape index (κ1) is 27.7. The Morgan fingerprint density at radius 3 is 2.46 bits per heavy atom. The molecule has 7 heteroatoms. The summed E-state index contributed by atoms with van der Waals surface area (Å²) in [5.41, 5.74) is -1.14. The van der Waals surface area contributed by atoms with Crippen LogP contribution >= 0.6 is 27.0 Å². The van der Waals surface area contributed by atoms with Gasteiger partial charge in [-0.15, -0.1) is 0 Å². The lowest BCUT2D eigenvalue weighted by molar-refractivity contribution is -0.129. The van der Waals surface area contributed by atoms with Gasteiger partial charge in [0.2, 0.25) is 0 Å². The van der Waals surface area contributed by atoms with E-state index in [2.05, 4.69) is 41.5 Å². The molecular formula is C21H41N3O2S2. The molecule has 0 spiro atoms. The average molecular weight is 432 g/mol. The van der Waals surface area contributed by atoms with Gasteiger partial charge in [0.25, 0.3) is 0 Å². The number of ketones is 2. The second-order valence-electron chi connectivity index (χ2n) is 8.86. The highest BCUT2D eigenvalue weighted by Crippen LogP contribution is 2.25. The summed E-state index contributed by atoms with van der Waals surface area (Å²) in [7, 11) is 0. The van der Waals surface area contributed by atoms with Crippen LogP contribution in [0.3, 0.4) is 0 Å². The van der Waals surface area contributed by atoms with E-state index in [9.17, 15) is 9.59 Å². The van der Waals surface area contributed by atoms with Crippen molar-refractivity contribution in [3.05, 3.63) is 12.2 Å². The minimum Gasteiger partial charge on any atom is -0.302 e. The highest BCUT2D eigenvalue weighted by atomic mass is 32.1. The van der Waals surface area contributed by atoms with Crippen LogP contribution in [0.4, 0.5) is 0 Å². The molecular weight excluding hydrogens is 390 g/mol. The smallest absolute Gasteiger partial charge is 0.167 e. The zero-order valence-corrected chi connectivity index (χ0v) is 20.2. The Bertz CT molecular complexity index is 554. The lowest BCUT2D eigenvalue weighted by Crippen LogP contribution is -2.61. The van der Waals surface area contributed by atoms with Crippen molar-refractivity contribution in [2.75, 3.05) is 26.2 Å². The number of nitrogens with zero attached hydrogens (tertiary/aromatic N) is 1. The largest absolute Gasteiger partial charge is 0.302 e. The number of nitrogens with one attached hydrogen (secondary N) is 2. The minimum atomic E-state index is -0.636. The molecule has 2 bridgehead atoms. The normalized spacial score (nSPS) is 31.4. The summed E-state index contributed by atoms with van der Waals surface area (Å²) in [6.07, 6.45) is 7.94. The van der Waals surface area contributed by atoms with Gasteiger partial charge in [-0.2, -0.15) is 27.0 Å². The van der Waals surface area contributed by atoms with Crippen LogP contribution in [0.5, 0.6) is 0 Å². The highest BCUT2D eigenvalue weighted by molar-refractivity contribution is 7.59. The molecule has 2 N–H and O–H groups in total. The second kappa shape index (κ2) is 11.7. The molecule has 28 heavy (non-hydrogen) atoms. The van der Waals surface area contributed by atoms with Crippen molar-refractivity contribution < 1.29 is 9.59 Å². The van der Waals surface area contributed by atoms with Crippen LogP contribution in [0.25, 0.3) is 0 Å². The van der Waals surface area contributed by atoms with Crippen molar-refractivity contribution in [3.8, 4) is 0 Å². The highest BCUT2D eigenvalue weighted by Gasteiger charge is 2.45. The fourth-order valence-corrected chi connectivity index (χ4v) is 4.32. The molecule has 2 aliphatic rings. The monoisotopic (exact) mass is 431 g/mol. The molecule has 0 amide bonds. The van der Waals surface area contributed by atoms with Crippen molar-refractivity contribution in [1.29, 1.82) is 0 Å². The molecule has 2 rings (SSSR count). The zero-order chi connectivity index (χ0) is 19.4. The van der Waals surface area contributed by atoms with Gasteiger partial charge in [0.15, 0.2) is 11.6 Å². The Hall–Kier alpha value is -0.340. The third kappa shape index (κ3) is 6.87. The maximum atomic E-state index is 13.2. The van der Waals surface area contributed by atoms with E-state index in [0.717, 1.165) is 45.3 Å². The molecule has 1 saturated heterocycles. The van der Waals surface area contributed by atoms with E-state index in [1.165, 1.54) is 0 Å². The minimum absolute atomic E-state index is 0. The van der Waals surface area contributed by atoms with E-state index < -0.39 is 11.1 Å². The Morgan fingerprint density at radius 1 is 1.18 bits per heavy atom. The number of carbonyl (C=O) groups is 2. The molecule has 2 heterocycles. The standard InChI is InChI=1S/C21H37N3O2.2H2S/c1-16(2)19(26)20(5)10-8-6-7-9-12-24-13-11-21(15-24,23-17(3)4)18(25)14-22-20;;/h7,9,16-17,22-23H,6,8,10-15H2,1-5H3;2*1H2/t20-,21-;;/m0../s1. The predicted molar refractivity (Wildman–Crippen MR) is 127 cm³/mol. The number of hydrogen-bond donors (Lipinski definition) is 2. The van der Waals surface area contributed by atoms with Gasteiger partial charge in [0.05, 0.1) is 17.6 Å². The van der Waals surface area contributed by atoms with Crippen molar-refractivity contribution >= 4 is 38.6 Å². The van der Waals surface area contributed by atoms with Crippen molar-refractivity contribution in [1.82, 2.24) is 15.5 Å². The average Bonchev–Trinajstić information content (AvgIpc) is 2.98. The maximum absolute atomic E-state index is 13.2. The molecule has 0 aliphatic carbocycles. The molecule has 1 unspecified atom stereocenters. The third-order valence-electron chi connectivity index (χ3n) is 5.73. The Labute approximate surface area is 185 Å². The van der Waals surface area contributed by atoms with Crippen LogP contribution < -0.4 is 10.6 Å². The van der Waals surface area contributed by atoms with Gasteiger partial charge in [-0.05, 0) is 46.5 Å². The first-order valence-electron chi connectivity index (χ1n) is 10.2. The van der Waals surface area contributed by atoms with E-state index in [4.69, 9.17) is 0 Å². The van der Waals surface area contributed by atoms with E-state index in [1.54, 1.807) is 0 Å². The van der Waals surface area contributed by atoms with Gasteiger partial charge in [-0.25, -0.2) is 0 Å². The number of carbonyl (C=O) groups excluding carboxylic acids is 2. The molecule has 5 nitrogen and oxygen atoms in total. The molecule has 0 aromatic heterocycles. The summed E-state index contributed by atoms with van der Waals surface area (Å²) < 4.78 is 0. The van der Waals surface area contributed by atoms with Gasteiger partial charge in [0.1, 0.15) is 0 Å². The number of rotatable bonds is 4. The second-order valence-corrected chi connectivity index (χ2v) is 8.86. The Balaban J connectivity index is 0.00000364. The fraction of sp³-hybridized carbons (Fsp3) is 0.810. The lowest BCUT2D eigenvalue weighted by Gasteiger charge is -2.35. The number of Topliss-reactive ketones (excluding diaryl/α,β-unsaturated/α-hetero) is 2. The summed E-state index contributed by atoms with van der Waals surface area (Å²) in [6, 6.07) is 0.244. The van der Waals surface area contributed by atoms with Gasteiger partial charge in [-0.1, -0.05) is 26.0 Å². The Morgan fingerprint density at radius 2 is 1.86 bits per heavy atom. The van der Waals surface area contributed by atoms with Gasteiger partial charge >= 0.3 is 0 Å². The summed E-state index contributed by atoms with van der Waals surface area (Å²) in [5.74, 6) is 0.335. The summed E-state index contributed by atoms with van der Waals surface area (Å²) in [4.78, 5) is 28.4. The van der Waals surface area contributed by atoms with Crippen LogP contribution in [-0.2, 0) is 9.59 Å². The maximum Gasteiger partial charge on any atom is 0.167 e. The third-order valence-corrected chi connectivity index (χ3v) is 5.73. The fourth-order valence-electron chi connectivity index (χ4n) is 4.32. The number of hydrogen-bond acceptors (Lipinski definition) is 5. The molecule has 0 aromatic rings. The van der Waals surface area contributed by atoms with Gasteiger partial charge < -0.3 is 5.32 Å². The van der Waals surface area contributed by atoms with E-state index in [-0.39, 0.29) is 57.1 Å². The molecule has 3 atom stereocenters. The van der Waals surface area contributed by atoms with Crippen LogP contribution in [0.15, 0.2) is 12.2 Å². The summed E-state index contributed by atoms with van der Waals surface area (Å²) in [6.45, 7) is 12.8. The Kier molecular flexibility index (Phi) is 11.6. The first-order chi connectivity index (χ1) is 12.2. The summed E-state index contributed by atoms with van der Waals surface area (Å²) in [5, 5.41) is 6.91. The quantitative estimate of drug-likeness (QED) is 0.670. The number of allylic oxidation sites excluding steroid dienone is 1. The van der Waals surface area contributed by atoms with E-state index in [1.807, 2.05) is 20.8 Å². The SMILES string of the molecule is CC(C)N[C@]12CCN(CC=CCCC[C@@](C)(C(=O)C(C)C)NCC1=O)C2.S.S. The van der Waals surface area contributed by atoms with Gasteiger partial charge in [-0.3, -0.25) is 19.8 Å². The zero-order valence-electron chi connectivity index (χ0n) is 18.2. The lowest BCUT2D eigenvalue weighted by atomic mass is 9.83.